The maximum Gasteiger partial charge on any atom is 0.0724 e. The molecule has 1 nitrogen and oxygen atoms in total. The highest BCUT2D eigenvalue weighted by Crippen LogP contribution is 2.23. The van der Waals surface area contributed by atoms with Crippen molar-refractivity contribution in [2.24, 2.45) is 4.99 Å². The van der Waals surface area contributed by atoms with Crippen molar-refractivity contribution in [1.29, 1.82) is 0 Å². The van der Waals surface area contributed by atoms with Crippen molar-refractivity contribution in [3.05, 3.63) is 70.8 Å². The van der Waals surface area contributed by atoms with E-state index < -0.39 is 0 Å². The molecule has 0 aromatic heterocycles. The van der Waals surface area contributed by atoms with E-state index in [9.17, 15) is 0 Å². The molecule has 1 heterocycles. The minimum Gasteiger partial charge on any atom is -0.284 e. The van der Waals surface area contributed by atoms with Crippen LogP contribution >= 0.6 is 12.4 Å². The summed E-state index contributed by atoms with van der Waals surface area (Å²) in [6.45, 7) is 3.07. The van der Waals surface area contributed by atoms with E-state index in [2.05, 4.69) is 49.4 Å². The molecule has 0 bridgehead atoms. The van der Waals surface area contributed by atoms with Gasteiger partial charge in [-0.3, -0.25) is 4.99 Å². The number of hydrogen-bond donors (Lipinski definition) is 0. The maximum atomic E-state index is 4.72. The fourth-order valence-electron chi connectivity index (χ4n) is 2.47. The Morgan fingerprint density at radius 3 is 2.50 bits per heavy atom. The van der Waals surface area contributed by atoms with Gasteiger partial charge in [-0.1, -0.05) is 48.5 Å². The van der Waals surface area contributed by atoms with Gasteiger partial charge in [-0.15, -0.1) is 12.4 Å². The minimum atomic E-state index is 0. The van der Waals surface area contributed by atoms with Crippen LogP contribution in [0.15, 0.2) is 53.5 Å². The number of nitrogens with zero attached hydrogens (tertiary/aromatic N) is 1. The molecule has 2 aromatic rings. The van der Waals surface area contributed by atoms with Gasteiger partial charge < -0.3 is 0 Å². The molecule has 18 heavy (non-hydrogen) atoms. The van der Waals surface area contributed by atoms with Crippen molar-refractivity contribution in [3.63, 3.8) is 0 Å². The first-order chi connectivity index (χ1) is 8.36. The van der Waals surface area contributed by atoms with Crippen molar-refractivity contribution in [3.8, 4) is 0 Å². The van der Waals surface area contributed by atoms with Crippen molar-refractivity contribution in [2.75, 3.05) is 6.54 Å². The Morgan fingerprint density at radius 2 is 1.72 bits per heavy atom. The normalized spacial score (nSPS) is 13.3. The monoisotopic (exact) mass is 257 g/mol. The molecule has 0 amide bonds. The van der Waals surface area contributed by atoms with Gasteiger partial charge in [0.05, 0.1) is 5.71 Å². The lowest BCUT2D eigenvalue weighted by atomic mass is 9.90. The molecule has 0 unspecified atom stereocenters. The summed E-state index contributed by atoms with van der Waals surface area (Å²) in [5.74, 6) is 0. The summed E-state index contributed by atoms with van der Waals surface area (Å²) in [5, 5.41) is 0. The van der Waals surface area contributed by atoms with E-state index >= 15 is 0 Å². The van der Waals surface area contributed by atoms with Crippen LogP contribution in [0.4, 0.5) is 0 Å². The standard InChI is InChI=1S/C16H15N.ClH/c1-12-6-5-9-13-10-11-17-16(15(12)13)14-7-3-2-4-8-14;/h2-9H,10-11H2,1H3;1H. The van der Waals surface area contributed by atoms with E-state index in [1.165, 1.54) is 22.3 Å². The highest BCUT2D eigenvalue weighted by atomic mass is 35.5. The zero-order valence-electron chi connectivity index (χ0n) is 10.4. The molecule has 3 rings (SSSR count). The minimum absolute atomic E-state index is 0. The molecule has 0 fully saturated rings. The molecule has 0 aliphatic carbocycles. The molecule has 2 heteroatoms. The lowest BCUT2D eigenvalue weighted by Gasteiger charge is -2.19. The van der Waals surface area contributed by atoms with Gasteiger partial charge in [0.25, 0.3) is 0 Å². The van der Waals surface area contributed by atoms with E-state index in [0.29, 0.717) is 0 Å². The van der Waals surface area contributed by atoms with Crippen molar-refractivity contribution in [1.82, 2.24) is 0 Å². The Morgan fingerprint density at radius 1 is 0.944 bits per heavy atom. The topological polar surface area (TPSA) is 12.4 Å². The molecular weight excluding hydrogens is 242 g/mol. The first-order valence-electron chi connectivity index (χ1n) is 6.05. The summed E-state index contributed by atoms with van der Waals surface area (Å²) < 4.78 is 0. The third-order valence-electron chi connectivity index (χ3n) is 3.29. The van der Waals surface area contributed by atoms with Gasteiger partial charge in [-0.05, 0) is 24.5 Å². The van der Waals surface area contributed by atoms with Crippen molar-refractivity contribution >= 4 is 18.1 Å². The summed E-state index contributed by atoms with van der Waals surface area (Å²) in [6, 6.07) is 17.0. The molecular formula is C16H16ClN. The average molecular weight is 258 g/mol. The van der Waals surface area contributed by atoms with Crippen LogP contribution in [0.25, 0.3) is 0 Å². The number of halogens is 1. The maximum absolute atomic E-state index is 4.72. The second-order valence-corrected chi connectivity index (χ2v) is 4.46. The summed E-state index contributed by atoms with van der Waals surface area (Å²) in [7, 11) is 0. The summed E-state index contributed by atoms with van der Waals surface area (Å²) in [4.78, 5) is 4.72. The van der Waals surface area contributed by atoms with Gasteiger partial charge in [0, 0.05) is 17.7 Å². The summed E-state index contributed by atoms with van der Waals surface area (Å²) in [6.07, 6.45) is 1.06. The number of hydrogen-bond acceptors (Lipinski definition) is 1. The van der Waals surface area contributed by atoms with Gasteiger partial charge in [0.1, 0.15) is 0 Å². The molecule has 0 spiro atoms. The van der Waals surface area contributed by atoms with Gasteiger partial charge >= 0.3 is 0 Å². The highest BCUT2D eigenvalue weighted by molar-refractivity contribution is 6.15. The lowest BCUT2D eigenvalue weighted by molar-refractivity contribution is 0.940. The predicted molar refractivity (Wildman–Crippen MR) is 79.1 cm³/mol. The van der Waals surface area contributed by atoms with Crippen LogP contribution < -0.4 is 0 Å². The van der Waals surface area contributed by atoms with Crippen LogP contribution in [0.5, 0.6) is 0 Å². The molecule has 0 N–H and O–H groups in total. The van der Waals surface area contributed by atoms with Crippen LogP contribution in [0.2, 0.25) is 0 Å². The second kappa shape index (κ2) is 5.36. The van der Waals surface area contributed by atoms with Gasteiger partial charge in [0.15, 0.2) is 0 Å². The van der Waals surface area contributed by atoms with Crippen molar-refractivity contribution in [2.45, 2.75) is 13.3 Å². The summed E-state index contributed by atoms with van der Waals surface area (Å²) >= 11 is 0. The van der Waals surface area contributed by atoms with Crippen LogP contribution in [-0.4, -0.2) is 12.3 Å². The quantitative estimate of drug-likeness (QED) is 0.737. The third-order valence-corrected chi connectivity index (χ3v) is 3.29. The highest BCUT2D eigenvalue weighted by Gasteiger charge is 2.16. The smallest absolute Gasteiger partial charge is 0.0724 e. The lowest BCUT2D eigenvalue weighted by Crippen LogP contribution is -2.15. The largest absolute Gasteiger partial charge is 0.284 e. The SMILES string of the molecule is Cc1cccc2c1C(c1ccccc1)=NCC2.Cl. The van der Waals surface area contributed by atoms with Crippen LogP contribution in [-0.2, 0) is 6.42 Å². The zero-order chi connectivity index (χ0) is 11.7. The number of fused-ring (bicyclic) bond motifs is 1. The first-order valence-corrected chi connectivity index (χ1v) is 6.05. The zero-order valence-corrected chi connectivity index (χ0v) is 11.2. The number of aliphatic imine (C=N–C) groups is 1. The molecule has 0 atom stereocenters. The number of rotatable bonds is 1. The van der Waals surface area contributed by atoms with Gasteiger partial charge in [0.2, 0.25) is 0 Å². The molecule has 1 aliphatic heterocycles. The van der Waals surface area contributed by atoms with E-state index in [1.54, 1.807) is 0 Å². The van der Waals surface area contributed by atoms with E-state index in [1.807, 2.05) is 6.07 Å². The van der Waals surface area contributed by atoms with Crippen LogP contribution in [0, 0.1) is 6.92 Å². The Balaban J connectivity index is 0.00000120. The first kappa shape index (κ1) is 12.8. The molecule has 0 saturated carbocycles. The van der Waals surface area contributed by atoms with Crippen molar-refractivity contribution < 1.29 is 0 Å². The second-order valence-electron chi connectivity index (χ2n) is 4.46. The van der Waals surface area contributed by atoms with E-state index in [0.717, 1.165) is 18.7 Å². The predicted octanol–water partition coefficient (Wildman–Crippen LogP) is 3.81. The molecule has 2 aromatic carbocycles. The Bertz CT molecular complexity index is 573. The molecule has 1 aliphatic rings. The Kier molecular flexibility index (Phi) is 3.83. The Hall–Kier alpha value is -1.60. The van der Waals surface area contributed by atoms with E-state index in [-0.39, 0.29) is 12.4 Å². The molecule has 92 valence electrons. The fourth-order valence-corrected chi connectivity index (χ4v) is 2.47. The Labute approximate surface area is 114 Å². The van der Waals surface area contributed by atoms with Crippen LogP contribution in [0.1, 0.15) is 22.3 Å². The number of aryl methyl sites for hydroxylation is 1. The van der Waals surface area contributed by atoms with Gasteiger partial charge in [-0.2, -0.15) is 0 Å². The van der Waals surface area contributed by atoms with E-state index in [4.69, 9.17) is 4.99 Å². The molecule has 0 saturated heterocycles. The van der Waals surface area contributed by atoms with Gasteiger partial charge in [-0.25, -0.2) is 0 Å². The van der Waals surface area contributed by atoms with Crippen LogP contribution in [0.3, 0.4) is 0 Å². The fraction of sp³-hybridized carbons (Fsp3) is 0.188. The summed E-state index contributed by atoms with van der Waals surface area (Å²) in [5.41, 5.74) is 6.47. The average Bonchev–Trinajstić information content (AvgIpc) is 2.39. The molecule has 0 radical (unpaired) electrons. The third kappa shape index (κ3) is 2.19. The number of benzene rings is 2.